The molecule has 0 bridgehead atoms. The van der Waals surface area contributed by atoms with E-state index in [-0.39, 0.29) is 0 Å². The van der Waals surface area contributed by atoms with Gasteiger partial charge in [0, 0.05) is 18.8 Å². The number of aromatic nitrogens is 2. The van der Waals surface area contributed by atoms with Crippen molar-refractivity contribution in [3.63, 3.8) is 0 Å². The first-order valence-electron chi connectivity index (χ1n) is 3.27. The van der Waals surface area contributed by atoms with Crippen molar-refractivity contribution in [3.05, 3.63) is 24.0 Å². The second-order valence-corrected chi connectivity index (χ2v) is 2.58. The van der Waals surface area contributed by atoms with Gasteiger partial charge >= 0.3 is 0 Å². The van der Waals surface area contributed by atoms with Gasteiger partial charge in [0.15, 0.2) is 0 Å². The van der Waals surface area contributed by atoms with Crippen LogP contribution in [-0.2, 0) is 7.05 Å². The van der Waals surface area contributed by atoms with Crippen LogP contribution in [0.4, 0.5) is 0 Å². The van der Waals surface area contributed by atoms with Gasteiger partial charge in [-0.25, -0.2) is 0 Å². The Morgan fingerprint density at radius 2 is 2.30 bits per heavy atom. The number of rotatable bonds is 1. The summed E-state index contributed by atoms with van der Waals surface area (Å²) in [6.07, 6.45) is 1.98. The van der Waals surface area contributed by atoms with Gasteiger partial charge in [0.05, 0.1) is 5.69 Å². The third kappa shape index (κ3) is 1.10. The molecule has 1 heterocycles. The number of hydrogen-bond donors (Lipinski definition) is 0. The van der Waals surface area contributed by atoms with Crippen molar-refractivity contribution in [2.45, 2.75) is 13.8 Å². The zero-order valence-electron chi connectivity index (χ0n) is 6.68. The Kier molecular flexibility index (Phi) is 1.62. The lowest BCUT2D eigenvalue weighted by atomic mass is 10.1. The van der Waals surface area contributed by atoms with Crippen molar-refractivity contribution in [2.24, 2.45) is 7.05 Å². The lowest BCUT2D eigenvalue weighted by Gasteiger charge is -1.91. The first kappa shape index (κ1) is 7.06. The van der Waals surface area contributed by atoms with E-state index in [2.05, 4.69) is 11.7 Å². The zero-order valence-corrected chi connectivity index (χ0v) is 6.68. The summed E-state index contributed by atoms with van der Waals surface area (Å²) in [5.74, 6) is 0. The highest BCUT2D eigenvalue weighted by molar-refractivity contribution is 5.62. The second kappa shape index (κ2) is 2.29. The van der Waals surface area contributed by atoms with Crippen LogP contribution >= 0.6 is 0 Å². The Morgan fingerprint density at radius 1 is 1.70 bits per heavy atom. The van der Waals surface area contributed by atoms with E-state index < -0.39 is 0 Å². The minimum Gasteiger partial charge on any atom is -0.275 e. The van der Waals surface area contributed by atoms with E-state index in [0.29, 0.717) is 0 Å². The lowest BCUT2D eigenvalue weighted by Crippen LogP contribution is -1.86. The highest BCUT2D eigenvalue weighted by Crippen LogP contribution is 2.13. The molecule has 0 fully saturated rings. The van der Waals surface area contributed by atoms with E-state index in [9.17, 15) is 0 Å². The molecule has 0 saturated carbocycles. The molecular weight excluding hydrogens is 124 g/mol. The molecule has 1 rings (SSSR count). The Balaban J connectivity index is 3.15. The summed E-state index contributed by atoms with van der Waals surface area (Å²) in [5, 5.41) is 4.19. The standard InChI is InChI=1S/C8H12N2/c1-6(2)8-5-10(4)9-7(8)3/h5H,1H2,2-4H3. The molecule has 0 aromatic carbocycles. The maximum Gasteiger partial charge on any atom is 0.0668 e. The maximum atomic E-state index is 4.19. The molecule has 1 aromatic rings. The van der Waals surface area contributed by atoms with E-state index in [1.54, 1.807) is 4.68 Å². The number of aryl methyl sites for hydroxylation is 2. The molecule has 0 aliphatic heterocycles. The number of nitrogens with zero attached hydrogens (tertiary/aromatic N) is 2. The van der Waals surface area contributed by atoms with Crippen molar-refractivity contribution in [2.75, 3.05) is 0 Å². The molecule has 2 heteroatoms. The fraction of sp³-hybridized carbons (Fsp3) is 0.375. The predicted octanol–water partition coefficient (Wildman–Crippen LogP) is 1.76. The first-order valence-corrected chi connectivity index (χ1v) is 3.27. The summed E-state index contributed by atoms with van der Waals surface area (Å²) < 4.78 is 1.80. The normalized spacial score (nSPS) is 9.90. The van der Waals surface area contributed by atoms with Crippen LogP contribution in [0, 0.1) is 6.92 Å². The molecule has 0 spiro atoms. The number of allylic oxidation sites excluding steroid dienone is 1. The molecule has 2 nitrogen and oxygen atoms in total. The zero-order chi connectivity index (χ0) is 7.72. The molecule has 0 saturated heterocycles. The quantitative estimate of drug-likeness (QED) is 0.575. The summed E-state index contributed by atoms with van der Waals surface area (Å²) in [6, 6.07) is 0. The van der Waals surface area contributed by atoms with Crippen LogP contribution < -0.4 is 0 Å². The van der Waals surface area contributed by atoms with Gasteiger partial charge in [-0.05, 0) is 19.4 Å². The SMILES string of the molecule is C=C(C)c1cn(C)nc1C. The van der Waals surface area contributed by atoms with E-state index in [1.807, 2.05) is 27.1 Å². The summed E-state index contributed by atoms with van der Waals surface area (Å²) in [6.45, 7) is 7.83. The van der Waals surface area contributed by atoms with Crippen LogP contribution in [0.5, 0.6) is 0 Å². The lowest BCUT2D eigenvalue weighted by molar-refractivity contribution is 0.756. The van der Waals surface area contributed by atoms with Crippen molar-refractivity contribution < 1.29 is 0 Å². The third-order valence-electron chi connectivity index (χ3n) is 1.47. The predicted molar refractivity (Wildman–Crippen MR) is 42.7 cm³/mol. The van der Waals surface area contributed by atoms with Crippen molar-refractivity contribution in [1.29, 1.82) is 0 Å². The van der Waals surface area contributed by atoms with Crippen molar-refractivity contribution >= 4 is 5.57 Å². The summed E-state index contributed by atoms with van der Waals surface area (Å²) in [5.41, 5.74) is 3.28. The van der Waals surface area contributed by atoms with E-state index in [0.717, 1.165) is 16.8 Å². The van der Waals surface area contributed by atoms with Gasteiger partial charge in [0.25, 0.3) is 0 Å². The van der Waals surface area contributed by atoms with Gasteiger partial charge in [-0.1, -0.05) is 6.58 Å². The van der Waals surface area contributed by atoms with Crippen LogP contribution in [0.2, 0.25) is 0 Å². The van der Waals surface area contributed by atoms with Crippen molar-refractivity contribution in [3.8, 4) is 0 Å². The Hall–Kier alpha value is -1.05. The second-order valence-electron chi connectivity index (χ2n) is 2.58. The van der Waals surface area contributed by atoms with Crippen LogP contribution in [0.15, 0.2) is 12.8 Å². The maximum absolute atomic E-state index is 4.19. The van der Waals surface area contributed by atoms with Crippen LogP contribution in [0.25, 0.3) is 5.57 Å². The first-order chi connectivity index (χ1) is 4.61. The summed E-state index contributed by atoms with van der Waals surface area (Å²) >= 11 is 0. The molecule has 0 amide bonds. The monoisotopic (exact) mass is 136 g/mol. The van der Waals surface area contributed by atoms with Crippen LogP contribution in [0.1, 0.15) is 18.2 Å². The third-order valence-corrected chi connectivity index (χ3v) is 1.47. The van der Waals surface area contributed by atoms with Gasteiger partial charge in [-0.15, -0.1) is 0 Å². The minimum absolute atomic E-state index is 1.05. The van der Waals surface area contributed by atoms with Gasteiger partial charge < -0.3 is 0 Å². The van der Waals surface area contributed by atoms with Gasteiger partial charge in [0.1, 0.15) is 0 Å². The molecule has 54 valence electrons. The van der Waals surface area contributed by atoms with E-state index in [1.165, 1.54) is 0 Å². The fourth-order valence-corrected chi connectivity index (χ4v) is 1.02. The molecule has 0 radical (unpaired) electrons. The molecule has 0 atom stereocenters. The molecule has 0 aliphatic carbocycles. The molecular formula is C8H12N2. The average Bonchev–Trinajstić information content (AvgIpc) is 2.10. The summed E-state index contributed by atoms with van der Waals surface area (Å²) in [7, 11) is 1.92. The molecule has 0 N–H and O–H groups in total. The smallest absolute Gasteiger partial charge is 0.0668 e. The Morgan fingerprint density at radius 3 is 2.50 bits per heavy atom. The highest BCUT2D eigenvalue weighted by atomic mass is 15.2. The Bertz CT molecular complexity index is 258. The molecule has 1 aromatic heterocycles. The van der Waals surface area contributed by atoms with Gasteiger partial charge in [-0.2, -0.15) is 5.10 Å². The molecule has 0 unspecified atom stereocenters. The Labute approximate surface area is 61.2 Å². The van der Waals surface area contributed by atoms with Crippen LogP contribution in [0.3, 0.4) is 0 Å². The van der Waals surface area contributed by atoms with E-state index >= 15 is 0 Å². The molecule has 0 aliphatic rings. The fourth-order valence-electron chi connectivity index (χ4n) is 1.02. The number of hydrogen-bond acceptors (Lipinski definition) is 1. The van der Waals surface area contributed by atoms with Gasteiger partial charge in [0.2, 0.25) is 0 Å². The van der Waals surface area contributed by atoms with Gasteiger partial charge in [-0.3, -0.25) is 4.68 Å². The van der Waals surface area contributed by atoms with Crippen molar-refractivity contribution in [1.82, 2.24) is 9.78 Å². The molecule has 10 heavy (non-hydrogen) atoms. The largest absolute Gasteiger partial charge is 0.275 e. The van der Waals surface area contributed by atoms with Crippen LogP contribution in [-0.4, -0.2) is 9.78 Å². The summed E-state index contributed by atoms with van der Waals surface area (Å²) in [4.78, 5) is 0. The minimum atomic E-state index is 1.05. The van der Waals surface area contributed by atoms with E-state index in [4.69, 9.17) is 0 Å². The highest BCUT2D eigenvalue weighted by Gasteiger charge is 2.01. The average molecular weight is 136 g/mol. The topological polar surface area (TPSA) is 17.8 Å².